The SMILES string of the molecule is CCOCCN1C[C@]23C=C[C@H](O2)[C@@H](C(=O)N(C)Cc2ccon2)[C@@H]3C1=O. The topological polar surface area (TPSA) is 85.1 Å². The van der Waals surface area contributed by atoms with Crippen molar-refractivity contribution in [2.75, 3.05) is 33.4 Å². The fraction of sp³-hybridized carbons (Fsp3) is 0.611. The van der Waals surface area contributed by atoms with Gasteiger partial charge in [0.1, 0.15) is 17.6 Å². The standard InChI is InChI=1S/C18H23N3O5/c1-3-24-9-7-21-11-18-6-4-13(26-18)14(15(18)17(21)23)16(22)20(2)10-12-5-8-25-19-12/h4-6,8,13-15H,3,7,9-11H2,1-2H3/t13-,14+,15+,18-/m0/s1. The van der Waals surface area contributed by atoms with Gasteiger partial charge in [0.25, 0.3) is 0 Å². The minimum absolute atomic E-state index is 0.0234. The second kappa shape index (κ2) is 6.51. The second-order valence-electron chi connectivity index (χ2n) is 7.04. The highest BCUT2D eigenvalue weighted by Crippen LogP contribution is 2.52. The van der Waals surface area contributed by atoms with Crippen molar-refractivity contribution in [2.45, 2.75) is 25.2 Å². The average molecular weight is 361 g/mol. The second-order valence-corrected chi connectivity index (χ2v) is 7.04. The molecule has 1 spiro atoms. The lowest BCUT2D eigenvalue weighted by Crippen LogP contribution is -2.44. The molecule has 140 valence electrons. The Bertz CT molecular complexity index is 718. The van der Waals surface area contributed by atoms with Gasteiger partial charge < -0.3 is 23.8 Å². The van der Waals surface area contributed by atoms with E-state index in [0.29, 0.717) is 38.5 Å². The lowest BCUT2D eigenvalue weighted by atomic mass is 9.76. The summed E-state index contributed by atoms with van der Waals surface area (Å²) in [4.78, 5) is 29.4. The van der Waals surface area contributed by atoms with Crippen molar-refractivity contribution in [2.24, 2.45) is 11.8 Å². The molecule has 2 amide bonds. The van der Waals surface area contributed by atoms with Crippen LogP contribution in [0.1, 0.15) is 12.6 Å². The molecule has 0 aromatic carbocycles. The maximum Gasteiger partial charge on any atom is 0.230 e. The number of nitrogens with zero attached hydrogens (tertiary/aromatic N) is 3. The molecule has 4 heterocycles. The molecule has 4 rings (SSSR count). The van der Waals surface area contributed by atoms with Crippen LogP contribution in [0, 0.1) is 11.8 Å². The molecule has 2 saturated heterocycles. The molecule has 8 heteroatoms. The molecule has 0 aliphatic carbocycles. The van der Waals surface area contributed by atoms with E-state index in [-0.39, 0.29) is 17.9 Å². The number of carbonyl (C=O) groups excluding carboxylic acids is 2. The van der Waals surface area contributed by atoms with Crippen LogP contribution in [0.4, 0.5) is 0 Å². The van der Waals surface area contributed by atoms with Gasteiger partial charge in [-0.1, -0.05) is 17.3 Å². The first kappa shape index (κ1) is 17.2. The summed E-state index contributed by atoms with van der Waals surface area (Å²) in [5, 5.41) is 3.84. The van der Waals surface area contributed by atoms with Crippen LogP contribution < -0.4 is 0 Å². The third-order valence-corrected chi connectivity index (χ3v) is 5.44. The van der Waals surface area contributed by atoms with Crippen molar-refractivity contribution in [1.29, 1.82) is 0 Å². The van der Waals surface area contributed by atoms with Crippen LogP contribution in [0.3, 0.4) is 0 Å². The smallest absolute Gasteiger partial charge is 0.230 e. The number of amides is 2. The van der Waals surface area contributed by atoms with Gasteiger partial charge in [0.15, 0.2) is 0 Å². The van der Waals surface area contributed by atoms with Crippen molar-refractivity contribution in [1.82, 2.24) is 15.0 Å². The van der Waals surface area contributed by atoms with E-state index in [2.05, 4.69) is 5.16 Å². The summed E-state index contributed by atoms with van der Waals surface area (Å²) in [5.41, 5.74) is -0.00509. The number of fused-ring (bicyclic) bond motifs is 1. The number of ether oxygens (including phenoxy) is 2. The van der Waals surface area contributed by atoms with Crippen LogP contribution in [0.25, 0.3) is 0 Å². The summed E-state index contributed by atoms with van der Waals surface area (Å²) in [6.07, 6.45) is 5.01. The van der Waals surface area contributed by atoms with Gasteiger partial charge >= 0.3 is 0 Å². The van der Waals surface area contributed by atoms with Crippen molar-refractivity contribution >= 4 is 11.8 Å². The van der Waals surface area contributed by atoms with Gasteiger partial charge in [-0.2, -0.15) is 0 Å². The van der Waals surface area contributed by atoms with Gasteiger partial charge in [0.05, 0.1) is 37.6 Å². The lowest BCUT2D eigenvalue weighted by Gasteiger charge is -2.27. The summed E-state index contributed by atoms with van der Waals surface area (Å²) >= 11 is 0. The van der Waals surface area contributed by atoms with Crippen molar-refractivity contribution in [3.05, 3.63) is 30.2 Å². The van der Waals surface area contributed by atoms with Crippen LogP contribution in [-0.2, 0) is 25.6 Å². The number of hydrogen-bond donors (Lipinski definition) is 0. The first-order valence-electron chi connectivity index (χ1n) is 8.93. The van der Waals surface area contributed by atoms with Crippen LogP contribution in [0.15, 0.2) is 29.0 Å². The Balaban J connectivity index is 1.50. The normalized spacial score (nSPS) is 31.7. The van der Waals surface area contributed by atoms with Gasteiger partial charge in [-0.25, -0.2) is 0 Å². The zero-order valence-corrected chi connectivity index (χ0v) is 15.0. The van der Waals surface area contributed by atoms with Gasteiger partial charge in [0, 0.05) is 26.3 Å². The Labute approximate surface area is 151 Å². The van der Waals surface area contributed by atoms with Crippen LogP contribution in [0.2, 0.25) is 0 Å². The molecule has 8 nitrogen and oxygen atoms in total. The summed E-state index contributed by atoms with van der Waals surface area (Å²) in [7, 11) is 1.71. The average Bonchev–Trinajstić information content (AvgIpc) is 3.38. The molecule has 3 aliphatic rings. The zero-order valence-electron chi connectivity index (χ0n) is 15.0. The molecule has 0 saturated carbocycles. The molecule has 1 aromatic heterocycles. The fourth-order valence-electron chi connectivity index (χ4n) is 4.26. The minimum Gasteiger partial charge on any atom is -0.380 e. The summed E-state index contributed by atoms with van der Waals surface area (Å²) < 4.78 is 16.3. The monoisotopic (exact) mass is 361 g/mol. The number of hydrogen-bond acceptors (Lipinski definition) is 6. The molecule has 0 unspecified atom stereocenters. The highest BCUT2D eigenvalue weighted by Gasteiger charge is 2.66. The Morgan fingerprint density at radius 1 is 1.54 bits per heavy atom. The number of carbonyl (C=O) groups is 2. The summed E-state index contributed by atoms with van der Waals surface area (Å²) in [6.45, 7) is 4.36. The van der Waals surface area contributed by atoms with Crippen molar-refractivity contribution in [3.63, 3.8) is 0 Å². The molecule has 26 heavy (non-hydrogen) atoms. The van der Waals surface area contributed by atoms with Crippen molar-refractivity contribution in [3.8, 4) is 0 Å². The third kappa shape index (κ3) is 2.64. The van der Waals surface area contributed by atoms with E-state index in [0.717, 1.165) is 0 Å². The van der Waals surface area contributed by atoms with Gasteiger partial charge in [0.2, 0.25) is 11.8 Å². The Kier molecular flexibility index (Phi) is 4.32. The van der Waals surface area contributed by atoms with E-state index in [9.17, 15) is 9.59 Å². The number of rotatable bonds is 7. The molecule has 2 bridgehead atoms. The first-order chi connectivity index (χ1) is 12.6. The van der Waals surface area contributed by atoms with E-state index in [4.69, 9.17) is 14.0 Å². The number of likely N-dealkylation sites (tertiary alicyclic amines) is 1. The minimum atomic E-state index is -0.678. The molecule has 2 fully saturated rings. The van der Waals surface area contributed by atoms with E-state index in [1.807, 2.05) is 19.1 Å². The molecule has 0 radical (unpaired) electrons. The third-order valence-electron chi connectivity index (χ3n) is 5.44. The maximum absolute atomic E-state index is 13.1. The summed E-state index contributed by atoms with van der Waals surface area (Å²) in [6, 6.07) is 1.72. The van der Waals surface area contributed by atoms with E-state index in [1.54, 1.807) is 22.9 Å². The van der Waals surface area contributed by atoms with E-state index in [1.165, 1.54) is 6.26 Å². The number of aromatic nitrogens is 1. The largest absolute Gasteiger partial charge is 0.380 e. The lowest BCUT2D eigenvalue weighted by molar-refractivity contribution is -0.143. The maximum atomic E-state index is 13.1. The fourth-order valence-corrected chi connectivity index (χ4v) is 4.26. The van der Waals surface area contributed by atoms with E-state index >= 15 is 0 Å². The molecule has 0 N–H and O–H groups in total. The Hall–Kier alpha value is -2.19. The molecular formula is C18H23N3O5. The van der Waals surface area contributed by atoms with Gasteiger partial charge in [-0.15, -0.1) is 0 Å². The van der Waals surface area contributed by atoms with Crippen molar-refractivity contribution < 1.29 is 23.6 Å². The highest BCUT2D eigenvalue weighted by molar-refractivity contribution is 5.93. The van der Waals surface area contributed by atoms with Gasteiger partial charge in [-0.3, -0.25) is 9.59 Å². The highest BCUT2D eigenvalue weighted by atomic mass is 16.5. The Morgan fingerprint density at radius 3 is 3.12 bits per heavy atom. The first-order valence-corrected chi connectivity index (χ1v) is 8.93. The molecule has 3 aliphatic heterocycles. The quantitative estimate of drug-likeness (QED) is 0.518. The van der Waals surface area contributed by atoms with Gasteiger partial charge in [-0.05, 0) is 6.92 Å². The van der Waals surface area contributed by atoms with E-state index < -0.39 is 17.4 Å². The molecule has 1 aromatic rings. The van der Waals surface area contributed by atoms with Crippen LogP contribution >= 0.6 is 0 Å². The summed E-state index contributed by atoms with van der Waals surface area (Å²) in [5.74, 6) is -1.09. The van der Waals surface area contributed by atoms with Crippen LogP contribution in [-0.4, -0.2) is 71.8 Å². The molecule has 4 atom stereocenters. The predicted octanol–water partition coefficient (Wildman–Crippen LogP) is 0.452. The zero-order chi connectivity index (χ0) is 18.3. The van der Waals surface area contributed by atoms with Crippen LogP contribution in [0.5, 0.6) is 0 Å². The Morgan fingerprint density at radius 2 is 2.38 bits per heavy atom. The molecular weight excluding hydrogens is 338 g/mol. The predicted molar refractivity (Wildman–Crippen MR) is 89.8 cm³/mol.